The van der Waals surface area contributed by atoms with Crippen molar-refractivity contribution in [3.8, 4) is 5.69 Å². The zero-order valence-electron chi connectivity index (χ0n) is 13.5. The lowest BCUT2D eigenvalue weighted by atomic mass is 10.1. The van der Waals surface area contributed by atoms with Gasteiger partial charge in [-0.2, -0.15) is 0 Å². The number of fused-ring (bicyclic) bond motifs is 1. The molecule has 0 saturated carbocycles. The van der Waals surface area contributed by atoms with Gasteiger partial charge in [0.05, 0.1) is 23.9 Å². The van der Waals surface area contributed by atoms with Crippen LogP contribution >= 0.6 is 0 Å². The van der Waals surface area contributed by atoms with Gasteiger partial charge in [-0.3, -0.25) is 0 Å². The predicted molar refractivity (Wildman–Crippen MR) is 93.5 cm³/mol. The topological polar surface area (TPSA) is 96.3 Å². The Kier molecular flexibility index (Phi) is 3.97. The molecule has 0 radical (unpaired) electrons. The summed E-state index contributed by atoms with van der Waals surface area (Å²) in [5.74, 6) is 0.124. The Morgan fingerprint density at radius 1 is 1.24 bits per heavy atom. The van der Waals surface area contributed by atoms with Gasteiger partial charge in [0.2, 0.25) is 0 Å². The number of hydrogen-bond donors (Lipinski definition) is 2. The third-order valence-electron chi connectivity index (χ3n) is 4.66. The minimum atomic E-state index is -3.09. The van der Waals surface area contributed by atoms with Crippen LogP contribution in [0.5, 0.6) is 0 Å². The molecule has 2 aromatic rings. The van der Waals surface area contributed by atoms with Crippen molar-refractivity contribution in [2.45, 2.75) is 12.1 Å². The molecule has 4 rings (SSSR count). The van der Waals surface area contributed by atoms with E-state index in [9.17, 15) is 13.2 Å². The Morgan fingerprint density at radius 2 is 2.04 bits per heavy atom. The zero-order chi connectivity index (χ0) is 17.4. The monoisotopic (exact) mass is 361 g/mol. The molecule has 132 valence electrons. The highest BCUT2D eigenvalue weighted by Gasteiger charge is 2.44. The lowest BCUT2D eigenvalue weighted by Crippen LogP contribution is -2.59. The summed E-state index contributed by atoms with van der Waals surface area (Å²) < 4.78 is 25.6. The fraction of sp³-hybridized carbons (Fsp3) is 0.375. The Morgan fingerprint density at radius 3 is 2.76 bits per heavy atom. The highest BCUT2D eigenvalue weighted by atomic mass is 32.2. The lowest BCUT2D eigenvalue weighted by Gasteiger charge is -2.37. The SMILES string of the molecule is O=C(Nc1ccc(-n2ccnc2)cc1)N1CCN[C@@H]2CS(=O)(=O)C[C@@H]21. The number of benzene rings is 1. The largest absolute Gasteiger partial charge is 0.322 e. The Bertz CT molecular complexity index is 864. The Labute approximate surface area is 145 Å². The van der Waals surface area contributed by atoms with Crippen LogP contribution < -0.4 is 10.6 Å². The number of nitrogens with one attached hydrogen (secondary N) is 2. The first-order valence-electron chi connectivity index (χ1n) is 8.12. The van der Waals surface area contributed by atoms with Crippen molar-refractivity contribution in [1.82, 2.24) is 19.8 Å². The van der Waals surface area contributed by atoms with Crippen LogP contribution in [0.15, 0.2) is 43.0 Å². The van der Waals surface area contributed by atoms with E-state index in [1.807, 2.05) is 35.0 Å². The van der Waals surface area contributed by atoms with Crippen molar-refractivity contribution >= 4 is 21.6 Å². The molecule has 0 unspecified atom stereocenters. The van der Waals surface area contributed by atoms with Crippen molar-refractivity contribution < 1.29 is 13.2 Å². The van der Waals surface area contributed by atoms with Gasteiger partial charge in [-0.05, 0) is 24.3 Å². The molecule has 1 aromatic heterocycles. The molecule has 0 aliphatic carbocycles. The zero-order valence-corrected chi connectivity index (χ0v) is 14.3. The normalized spacial score (nSPS) is 24.7. The standard InChI is InChI=1S/C16H19N5O3S/c22-16(21-8-6-18-14-9-25(23,24)10-15(14)21)19-12-1-3-13(4-2-12)20-7-5-17-11-20/h1-5,7,11,14-15,18H,6,8-10H2,(H,19,22)/t14-,15+/m1/s1. The third-order valence-corrected chi connectivity index (χ3v) is 6.38. The van der Waals surface area contributed by atoms with Crippen molar-refractivity contribution in [3.05, 3.63) is 43.0 Å². The fourth-order valence-corrected chi connectivity index (χ4v) is 5.40. The number of amides is 2. The van der Waals surface area contributed by atoms with Gasteiger partial charge in [0.25, 0.3) is 0 Å². The molecule has 25 heavy (non-hydrogen) atoms. The first kappa shape index (κ1) is 16.1. The summed E-state index contributed by atoms with van der Waals surface area (Å²) in [6.07, 6.45) is 5.25. The van der Waals surface area contributed by atoms with Crippen molar-refractivity contribution in [1.29, 1.82) is 0 Å². The Balaban J connectivity index is 1.46. The van der Waals surface area contributed by atoms with Gasteiger partial charge in [-0.25, -0.2) is 18.2 Å². The summed E-state index contributed by atoms with van der Waals surface area (Å²) in [5, 5.41) is 6.06. The second kappa shape index (κ2) is 6.16. The van der Waals surface area contributed by atoms with E-state index >= 15 is 0 Å². The van der Waals surface area contributed by atoms with Crippen LogP contribution in [-0.4, -0.2) is 65.6 Å². The van der Waals surface area contributed by atoms with Gasteiger partial charge < -0.3 is 20.1 Å². The number of carbonyl (C=O) groups is 1. The molecule has 0 spiro atoms. The molecule has 2 fully saturated rings. The maximum atomic E-state index is 12.6. The maximum absolute atomic E-state index is 12.6. The average Bonchev–Trinajstić information content (AvgIpc) is 3.21. The average molecular weight is 361 g/mol. The number of urea groups is 1. The second-order valence-corrected chi connectivity index (χ2v) is 8.50. The molecular weight excluding hydrogens is 342 g/mol. The summed E-state index contributed by atoms with van der Waals surface area (Å²) in [5.41, 5.74) is 1.62. The summed E-state index contributed by atoms with van der Waals surface area (Å²) >= 11 is 0. The molecular formula is C16H19N5O3S. The van der Waals surface area contributed by atoms with Gasteiger partial charge in [-0.1, -0.05) is 0 Å². The fourth-order valence-electron chi connectivity index (χ4n) is 3.44. The van der Waals surface area contributed by atoms with Crippen molar-refractivity contribution in [2.24, 2.45) is 0 Å². The summed E-state index contributed by atoms with van der Waals surface area (Å²) in [4.78, 5) is 18.3. The minimum absolute atomic E-state index is 0.0255. The molecule has 2 aliphatic rings. The predicted octanol–water partition coefficient (Wildman–Crippen LogP) is 0.475. The van der Waals surface area contributed by atoms with Crippen LogP contribution in [0, 0.1) is 0 Å². The summed E-state index contributed by atoms with van der Waals surface area (Å²) in [7, 11) is -3.09. The van der Waals surface area contributed by atoms with Gasteiger partial charge >= 0.3 is 6.03 Å². The summed E-state index contributed by atoms with van der Waals surface area (Å²) in [6, 6.07) is 6.67. The molecule has 8 nitrogen and oxygen atoms in total. The van der Waals surface area contributed by atoms with Gasteiger partial charge in [0, 0.05) is 42.9 Å². The Hall–Kier alpha value is -2.39. The summed E-state index contributed by atoms with van der Waals surface area (Å²) in [6.45, 7) is 1.10. The maximum Gasteiger partial charge on any atom is 0.322 e. The van der Waals surface area contributed by atoms with Crippen LogP contribution in [0.2, 0.25) is 0 Å². The molecule has 3 heterocycles. The molecule has 2 atom stereocenters. The van der Waals surface area contributed by atoms with Gasteiger partial charge in [0.15, 0.2) is 9.84 Å². The van der Waals surface area contributed by atoms with Crippen LogP contribution in [0.1, 0.15) is 0 Å². The van der Waals surface area contributed by atoms with E-state index in [2.05, 4.69) is 15.6 Å². The molecule has 1 aromatic carbocycles. The van der Waals surface area contributed by atoms with E-state index in [0.29, 0.717) is 18.8 Å². The molecule has 2 amide bonds. The number of anilines is 1. The van der Waals surface area contributed by atoms with E-state index < -0.39 is 9.84 Å². The highest BCUT2D eigenvalue weighted by molar-refractivity contribution is 7.91. The smallest absolute Gasteiger partial charge is 0.318 e. The van der Waals surface area contributed by atoms with Crippen LogP contribution in [0.3, 0.4) is 0 Å². The molecule has 2 N–H and O–H groups in total. The first-order valence-corrected chi connectivity index (χ1v) is 9.94. The molecule has 2 saturated heterocycles. The van der Waals surface area contributed by atoms with Gasteiger partial charge in [-0.15, -0.1) is 0 Å². The van der Waals surface area contributed by atoms with E-state index in [1.54, 1.807) is 17.4 Å². The molecule has 0 bridgehead atoms. The number of carbonyl (C=O) groups excluding carboxylic acids is 1. The number of aromatic nitrogens is 2. The number of nitrogens with zero attached hydrogens (tertiary/aromatic N) is 3. The molecule has 2 aliphatic heterocycles. The first-order chi connectivity index (χ1) is 12.0. The van der Waals surface area contributed by atoms with E-state index in [1.165, 1.54) is 0 Å². The number of piperazine rings is 1. The van der Waals surface area contributed by atoms with Gasteiger partial charge in [0.1, 0.15) is 0 Å². The second-order valence-electron chi connectivity index (χ2n) is 6.35. The van der Waals surface area contributed by atoms with E-state index in [-0.39, 0.29) is 29.6 Å². The van der Waals surface area contributed by atoms with Crippen LogP contribution in [0.4, 0.5) is 10.5 Å². The van der Waals surface area contributed by atoms with Crippen LogP contribution in [0.25, 0.3) is 5.69 Å². The number of rotatable bonds is 2. The number of hydrogen-bond acceptors (Lipinski definition) is 5. The number of sulfone groups is 1. The third kappa shape index (κ3) is 3.24. The van der Waals surface area contributed by atoms with Crippen LogP contribution in [-0.2, 0) is 9.84 Å². The highest BCUT2D eigenvalue weighted by Crippen LogP contribution is 2.22. The number of imidazole rings is 1. The minimum Gasteiger partial charge on any atom is -0.318 e. The van der Waals surface area contributed by atoms with Crippen molar-refractivity contribution in [2.75, 3.05) is 29.9 Å². The quantitative estimate of drug-likeness (QED) is 0.811. The molecule has 9 heteroatoms. The van der Waals surface area contributed by atoms with Crippen molar-refractivity contribution in [3.63, 3.8) is 0 Å². The van der Waals surface area contributed by atoms with E-state index in [0.717, 1.165) is 5.69 Å². The van der Waals surface area contributed by atoms with E-state index in [4.69, 9.17) is 0 Å². The lowest BCUT2D eigenvalue weighted by molar-refractivity contribution is 0.163.